The van der Waals surface area contributed by atoms with Crippen LogP contribution in [-0.4, -0.2) is 93.6 Å². The van der Waals surface area contributed by atoms with E-state index in [-0.39, 0.29) is 42.8 Å². The summed E-state index contributed by atoms with van der Waals surface area (Å²) in [6, 6.07) is -0.933. The summed E-state index contributed by atoms with van der Waals surface area (Å²) in [5, 5.41) is 9.52. The van der Waals surface area contributed by atoms with E-state index in [2.05, 4.69) is 20.1 Å². The SMILES string of the molecule is C=CCN(CCC)C(=O)[C@H]1[C@H]2C(=O)N(CCCO)C(C(=O)N(CC=C)C(C)C)C23CC(C)[C@]1(C)O3. The number of amides is 3. The van der Waals surface area contributed by atoms with Gasteiger partial charge in [-0.15, -0.1) is 13.2 Å². The van der Waals surface area contributed by atoms with E-state index in [4.69, 9.17) is 4.74 Å². The van der Waals surface area contributed by atoms with E-state index in [0.29, 0.717) is 32.5 Å². The number of aliphatic hydroxyl groups is 1. The number of carbonyl (C=O) groups is 3. The van der Waals surface area contributed by atoms with Gasteiger partial charge in [-0.1, -0.05) is 26.0 Å². The Morgan fingerprint density at radius 3 is 2.46 bits per heavy atom. The van der Waals surface area contributed by atoms with Crippen molar-refractivity contribution in [3.63, 3.8) is 0 Å². The largest absolute Gasteiger partial charge is 0.396 e. The molecule has 35 heavy (non-hydrogen) atoms. The predicted octanol–water partition coefficient (Wildman–Crippen LogP) is 2.23. The third-order valence-electron chi connectivity index (χ3n) is 8.26. The van der Waals surface area contributed by atoms with Crippen LogP contribution in [0.3, 0.4) is 0 Å². The van der Waals surface area contributed by atoms with Crippen LogP contribution in [0, 0.1) is 17.8 Å². The Labute approximate surface area is 210 Å². The minimum atomic E-state index is -1.07. The molecule has 3 amide bonds. The van der Waals surface area contributed by atoms with Gasteiger partial charge in [-0.2, -0.15) is 0 Å². The fourth-order valence-electron chi connectivity index (χ4n) is 6.64. The molecule has 0 aromatic rings. The number of likely N-dealkylation sites (tertiary alicyclic amines) is 1. The van der Waals surface area contributed by atoms with Crippen molar-refractivity contribution in [1.29, 1.82) is 0 Å². The van der Waals surface area contributed by atoms with Gasteiger partial charge in [-0.05, 0) is 46.0 Å². The van der Waals surface area contributed by atoms with Crippen LogP contribution in [-0.2, 0) is 19.1 Å². The summed E-state index contributed by atoms with van der Waals surface area (Å²) in [5.41, 5.74) is -1.91. The third-order valence-corrected chi connectivity index (χ3v) is 8.26. The lowest BCUT2D eigenvalue weighted by Gasteiger charge is -2.39. The zero-order chi connectivity index (χ0) is 26.1. The molecule has 2 bridgehead atoms. The molecule has 3 heterocycles. The van der Waals surface area contributed by atoms with Crippen LogP contribution in [0.1, 0.15) is 53.9 Å². The molecule has 3 aliphatic heterocycles. The molecular weight excluding hydrogens is 446 g/mol. The number of ether oxygens (including phenoxy) is 1. The Balaban J connectivity index is 2.12. The van der Waals surface area contributed by atoms with Crippen molar-refractivity contribution in [3.8, 4) is 0 Å². The van der Waals surface area contributed by atoms with E-state index in [1.54, 1.807) is 26.9 Å². The lowest BCUT2D eigenvalue weighted by atomic mass is 9.62. The number of rotatable bonds is 12. The lowest BCUT2D eigenvalue weighted by molar-refractivity contribution is -0.155. The zero-order valence-electron chi connectivity index (χ0n) is 22.0. The van der Waals surface area contributed by atoms with Crippen molar-refractivity contribution in [2.45, 2.75) is 77.2 Å². The average molecular weight is 490 g/mol. The lowest BCUT2D eigenvalue weighted by Crippen LogP contribution is -2.58. The van der Waals surface area contributed by atoms with Gasteiger partial charge in [0, 0.05) is 38.8 Å². The number of nitrogens with zero attached hydrogens (tertiary/aromatic N) is 3. The van der Waals surface area contributed by atoms with E-state index in [9.17, 15) is 19.5 Å². The number of carbonyl (C=O) groups excluding carboxylic acids is 3. The minimum absolute atomic E-state index is 0.00676. The van der Waals surface area contributed by atoms with Crippen LogP contribution >= 0.6 is 0 Å². The summed E-state index contributed by atoms with van der Waals surface area (Å²) >= 11 is 0. The van der Waals surface area contributed by atoms with E-state index < -0.39 is 29.1 Å². The molecule has 1 N–H and O–H groups in total. The molecule has 3 saturated heterocycles. The van der Waals surface area contributed by atoms with Gasteiger partial charge in [0.15, 0.2) is 0 Å². The van der Waals surface area contributed by atoms with Gasteiger partial charge in [0.1, 0.15) is 11.6 Å². The molecule has 0 aliphatic carbocycles. The molecule has 0 radical (unpaired) electrons. The molecule has 3 unspecified atom stereocenters. The maximum absolute atomic E-state index is 14.1. The molecule has 0 aromatic heterocycles. The van der Waals surface area contributed by atoms with Crippen LogP contribution in [0.5, 0.6) is 0 Å². The maximum Gasteiger partial charge on any atom is 0.248 e. The monoisotopic (exact) mass is 489 g/mol. The second-order valence-corrected chi connectivity index (χ2v) is 10.8. The smallest absolute Gasteiger partial charge is 0.248 e. The maximum atomic E-state index is 14.1. The minimum Gasteiger partial charge on any atom is -0.396 e. The van der Waals surface area contributed by atoms with Gasteiger partial charge in [0.05, 0.1) is 17.4 Å². The van der Waals surface area contributed by atoms with Crippen molar-refractivity contribution in [2.24, 2.45) is 17.8 Å². The Morgan fingerprint density at radius 2 is 1.91 bits per heavy atom. The summed E-state index contributed by atoms with van der Waals surface area (Å²) in [6.45, 7) is 18.9. The second-order valence-electron chi connectivity index (χ2n) is 10.8. The Hall–Kier alpha value is -2.19. The topological polar surface area (TPSA) is 90.4 Å². The summed E-state index contributed by atoms with van der Waals surface area (Å²) in [6.07, 6.45) is 5.06. The zero-order valence-corrected chi connectivity index (χ0v) is 22.0. The number of hydrogen-bond acceptors (Lipinski definition) is 5. The van der Waals surface area contributed by atoms with E-state index in [1.807, 2.05) is 27.7 Å². The molecule has 6 atom stereocenters. The summed E-state index contributed by atoms with van der Waals surface area (Å²) in [7, 11) is 0. The summed E-state index contributed by atoms with van der Waals surface area (Å²) in [4.78, 5) is 47.1. The molecule has 8 nitrogen and oxygen atoms in total. The molecule has 8 heteroatoms. The van der Waals surface area contributed by atoms with Crippen molar-refractivity contribution >= 4 is 17.7 Å². The fraction of sp³-hybridized carbons (Fsp3) is 0.741. The van der Waals surface area contributed by atoms with Gasteiger partial charge in [0.2, 0.25) is 17.7 Å². The fourth-order valence-corrected chi connectivity index (χ4v) is 6.64. The van der Waals surface area contributed by atoms with E-state index in [1.165, 1.54) is 0 Å². The van der Waals surface area contributed by atoms with Crippen LogP contribution < -0.4 is 0 Å². The van der Waals surface area contributed by atoms with Crippen LogP contribution in [0.25, 0.3) is 0 Å². The quantitative estimate of drug-likeness (QED) is 0.425. The van der Waals surface area contributed by atoms with Crippen LogP contribution in [0.15, 0.2) is 25.3 Å². The Bertz CT molecular complexity index is 860. The highest BCUT2D eigenvalue weighted by atomic mass is 16.5. The van der Waals surface area contributed by atoms with E-state index in [0.717, 1.165) is 6.42 Å². The second kappa shape index (κ2) is 10.4. The normalized spacial score (nSPS) is 33.2. The highest BCUT2D eigenvalue weighted by Crippen LogP contribution is 2.65. The van der Waals surface area contributed by atoms with Crippen molar-refractivity contribution in [2.75, 3.05) is 32.8 Å². The molecule has 3 aliphatic rings. The van der Waals surface area contributed by atoms with Crippen molar-refractivity contribution in [3.05, 3.63) is 25.3 Å². The molecule has 1 spiro atoms. The third kappa shape index (κ3) is 4.22. The predicted molar refractivity (Wildman–Crippen MR) is 134 cm³/mol. The molecule has 196 valence electrons. The molecule has 0 aromatic carbocycles. The number of fused-ring (bicyclic) bond motifs is 1. The molecule has 3 rings (SSSR count). The molecular formula is C27H43N3O5. The summed E-state index contributed by atoms with van der Waals surface area (Å²) < 4.78 is 6.77. The van der Waals surface area contributed by atoms with Crippen molar-refractivity contribution in [1.82, 2.24) is 14.7 Å². The van der Waals surface area contributed by atoms with Gasteiger partial charge < -0.3 is 24.5 Å². The first-order chi connectivity index (χ1) is 16.5. The van der Waals surface area contributed by atoms with E-state index >= 15 is 0 Å². The highest BCUT2D eigenvalue weighted by molar-refractivity contribution is 5.99. The average Bonchev–Trinajstić information content (AvgIpc) is 3.31. The first kappa shape index (κ1) is 27.4. The molecule has 0 saturated carbocycles. The standard InChI is InChI=1S/C27H43N3O5/c1-8-12-28(13-9-2)23(32)20-21-24(33)30(15-11-16-31)22(25(34)29(14-10-3)18(4)5)27(21)17-19(6)26(20,7)35-27/h8,10,18-22,31H,1,3,9,11-17H2,2,4-7H3/t19?,20-,21+,22?,26+,27?/m1/s1. The van der Waals surface area contributed by atoms with Gasteiger partial charge in [-0.25, -0.2) is 0 Å². The summed E-state index contributed by atoms with van der Waals surface area (Å²) in [5.74, 6) is -1.93. The van der Waals surface area contributed by atoms with Gasteiger partial charge in [-0.3, -0.25) is 14.4 Å². The van der Waals surface area contributed by atoms with Crippen LogP contribution in [0.2, 0.25) is 0 Å². The number of hydrogen-bond donors (Lipinski definition) is 1. The van der Waals surface area contributed by atoms with Gasteiger partial charge >= 0.3 is 0 Å². The highest BCUT2D eigenvalue weighted by Gasteiger charge is 2.80. The van der Waals surface area contributed by atoms with Crippen LogP contribution in [0.4, 0.5) is 0 Å². The Morgan fingerprint density at radius 1 is 1.26 bits per heavy atom. The number of aliphatic hydroxyl groups excluding tert-OH is 1. The Kier molecular flexibility index (Phi) is 8.16. The molecule has 3 fully saturated rings. The first-order valence-corrected chi connectivity index (χ1v) is 13.0. The van der Waals surface area contributed by atoms with Crippen molar-refractivity contribution < 1.29 is 24.2 Å². The van der Waals surface area contributed by atoms with Gasteiger partial charge in [0.25, 0.3) is 0 Å². The first-order valence-electron chi connectivity index (χ1n) is 13.0.